The van der Waals surface area contributed by atoms with Gasteiger partial charge in [0.25, 0.3) is 0 Å². The number of halogens is 1. The fourth-order valence-corrected chi connectivity index (χ4v) is 3.32. The smallest absolute Gasteiger partial charge is 0.0221 e. The minimum atomic E-state index is 0.724. The fraction of sp³-hybridized carbons (Fsp3) is 0.565. The van der Waals surface area contributed by atoms with Crippen LogP contribution in [0.2, 0.25) is 0 Å². The van der Waals surface area contributed by atoms with Crippen molar-refractivity contribution in [3.8, 4) is 0 Å². The molecule has 0 heterocycles. The molecule has 0 radical (unpaired) electrons. The van der Waals surface area contributed by atoms with Crippen LogP contribution in [0.1, 0.15) is 60.3 Å². The number of hydrogen-bond acceptors (Lipinski definition) is 1. The lowest BCUT2D eigenvalue weighted by atomic mass is 9.88. The zero-order valence-electron chi connectivity index (χ0n) is 17.1. The molecule has 1 unspecified atom stereocenters. The van der Waals surface area contributed by atoms with E-state index in [9.17, 15) is 0 Å². The molecule has 0 spiro atoms. The van der Waals surface area contributed by atoms with Crippen LogP contribution in [0, 0.1) is 5.92 Å². The summed E-state index contributed by atoms with van der Waals surface area (Å²) in [7, 11) is 0. The fourth-order valence-electron chi connectivity index (χ4n) is 3.00. The lowest BCUT2D eigenvalue weighted by Gasteiger charge is -2.19. The topological polar surface area (TPSA) is 12.0 Å². The van der Waals surface area contributed by atoms with Crippen LogP contribution in [-0.4, -0.2) is 18.4 Å². The van der Waals surface area contributed by atoms with Crippen LogP contribution in [0.4, 0.5) is 0 Å². The Morgan fingerprint density at radius 3 is 2.36 bits per heavy atom. The summed E-state index contributed by atoms with van der Waals surface area (Å²) in [5.41, 5.74) is 6.61. The molecule has 142 valence electrons. The summed E-state index contributed by atoms with van der Waals surface area (Å²) >= 11 is 3.56. The van der Waals surface area contributed by atoms with Crippen molar-refractivity contribution in [3.05, 3.63) is 59.3 Å². The summed E-state index contributed by atoms with van der Waals surface area (Å²) in [5, 5.41) is 4.28. The van der Waals surface area contributed by atoms with Crippen molar-refractivity contribution in [1.82, 2.24) is 5.32 Å². The van der Waals surface area contributed by atoms with Crippen LogP contribution in [0.15, 0.2) is 59.3 Å². The van der Waals surface area contributed by atoms with Crippen LogP contribution in [-0.2, 0) is 0 Å². The van der Waals surface area contributed by atoms with Gasteiger partial charge in [-0.2, -0.15) is 0 Å². The van der Waals surface area contributed by atoms with E-state index in [4.69, 9.17) is 0 Å². The van der Waals surface area contributed by atoms with Gasteiger partial charge in [-0.1, -0.05) is 60.2 Å². The summed E-state index contributed by atoms with van der Waals surface area (Å²) in [6.07, 6.45) is 10.9. The van der Waals surface area contributed by atoms with Crippen LogP contribution in [0.5, 0.6) is 0 Å². The molecule has 1 nitrogen and oxygen atoms in total. The lowest BCUT2D eigenvalue weighted by molar-refractivity contribution is 0.474. The van der Waals surface area contributed by atoms with E-state index < -0.39 is 0 Å². The van der Waals surface area contributed by atoms with Gasteiger partial charge in [-0.25, -0.2) is 0 Å². The van der Waals surface area contributed by atoms with Gasteiger partial charge in [0.05, 0.1) is 0 Å². The molecular weight excluding hydrogens is 370 g/mol. The highest BCUT2D eigenvalue weighted by Gasteiger charge is 2.12. The Balaban J connectivity index is 5.30. The second-order valence-electron chi connectivity index (χ2n) is 6.85. The van der Waals surface area contributed by atoms with Gasteiger partial charge in [0.1, 0.15) is 0 Å². The van der Waals surface area contributed by atoms with Gasteiger partial charge in [-0.15, -0.1) is 6.58 Å². The first kappa shape index (κ1) is 24.1. The Hall–Kier alpha value is -0.860. The SMILES string of the molecule is C=CC\C=C(C)/C(=C\CBr)C(/C)=C(/CCC(C)CCNCC)C(=C)C. The monoisotopic (exact) mass is 407 g/mol. The Kier molecular flexibility index (Phi) is 13.8. The molecule has 0 fully saturated rings. The highest BCUT2D eigenvalue weighted by Crippen LogP contribution is 2.30. The molecule has 0 saturated carbocycles. The zero-order valence-corrected chi connectivity index (χ0v) is 18.6. The molecule has 0 aliphatic heterocycles. The maximum Gasteiger partial charge on any atom is 0.0221 e. The zero-order chi connectivity index (χ0) is 19.2. The number of hydrogen-bond donors (Lipinski definition) is 1. The average molecular weight is 408 g/mol. The third kappa shape index (κ3) is 10.0. The summed E-state index contributed by atoms with van der Waals surface area (Å²) in [4.78, 5) is 0. The number of rotatable bonds is 13. The third-order valence-corrected chi connectivity index (χ3v) is 4.94. The number of alkyl halides is 1. The molecule has 0 amide bonds. The maximum absolute atomic E-state index is 4.25. The molecule has 0 aliphatic carbocycles. The van der Waals surface area contributed by atoms with E-state index in [0.29, 0.717) is 0 Å². The van der Waals surface area contributed by atoms with Gasteiger partial charge in [-0.3, -0.25) is 0 Å². The first-order valence-electron chi connectivity index (χ1n) is 9.49. The Morgan fingerprint density at radius 2 is 1.84 bits per heavy atom. The summed E-state index contributed by atoms with van der Waals surface area (Å²) in [5.74, 6) is 0.724. The molecule has 0 saturated heterocycles. The molecule has 0 aliphatic rings. The second-order valence-corrected chi connectivity index (χ2v) is 7.50. The van der Waals surface area contributed by atoms with E-state index >= 15 is 0 Å². The van der Waals surface area contributed by atoms with Crippen molar-refractivity contribution >= 4 is 15.9 Å². The van der Waals surface area contributed by atoms with Gasteiger partial charge >= 0.3 is 0 Å². The standard InChI is InChI=1S/C23H38BrN/c1-8-10-11-20(6)23(14-16-24)21(7)22(18(3)4)13-12-19(5)15-17-25-9-2/h8,11,14,19,25H,1,3,9-10,12-13,15-17H2,2,4-7H3/b20-11-,22-21-,23-14+. The Morgan fingerprint density at radius 1 is 1.16 bits per heavy atom. The van der Waals surface area contributed by atoms with Crippen molar-refractivity contribution < 1.29 is 0 Å². The largest absolute Gasteiger partial charge is 0.317 e. The highest BCUT2D eigenvalue weighted by atomic mass is 79.9. The van der Waals surface area contributed by atoms with Crippen molar-refractivity contribution in [2.24, 2.45) is 5.92 Å². The van der Waals surface area contributed by atoms with E-state index in [1.165, 1.54) is 40.7 Å². The van der Waals surface area contributed by atoms with E-state index in [-0.39, 0.29) is 0 Å². The van der Waals surface area contributed by atoms with E-state index in [1.54, 1.807) is 0 Å². The van der Waals surface area contributed by atoms with Crippen LogP contribution in [0.3, 0.4) is 0 Å². The second kappa shape index (κ2) is 14.3. The molecule has 0 bridgehead atoms. The van der Waals surface area contributed by atoms with Crippen LogP contribution < -0.4 is 5.32 Å². The Bertz CT molecular complexity index is 508. The van der Waals surface area contributed by atoms with Crippen molar-refractivity contribution in [2.75, 3.05) is 18.4 Å². The lowest BCUT2D eigenvalue weighted by Crippen LogP contribution is -2.16. The molecule has 0 aromatic carbocycles. The third-order valence-electron chi connectivity index (χ3n) is 4.62. The predicted octanol–water partition coefficient (Wildman–Crippen LogP) is 7.14. The molecule has 0 aromatic rings. The normalized spacial score (nSPS) is 15.0. The molecular formula is C23H38BrN. The summed E-state index contributed by atoms with van der Waals surface area (Å²) in [6, 6.07) is 0. The summed E-state index contributed by atoms with van der Waals surface area (Å²) in [6.45, 7) is 21.3. The van der Waals surface area contributed by atoms with Gasteiger partial charge in [0.15, 0.2) is 0 Å². The van der Waals surface area contributed by atoms with Gasteiger partial charge in [-0.05, 0) is 87.8 Å². The molecule has 1 N–H and O–H groups in total. The summed E-state index contributed by atoms with van der Waals surface area (Å²) < 4.78 is 0. The Labute approximate surface area is 165 Å². The predicted molar refractivity (Wildman–Crippen MR) is 120 cm³/mol. The van der Waals surface area contributed by atoms with E-state index in [2.05, 4.69) is 81.2 Å². The first-order valence-corrected chi connectivity index (χ1v) is 10.6. The minimum absolute atomic E-state index is 0.724. The molecule has 1 atom stereocenters. The average Bonchev–Trinajstić information content (AvgIpc) is 2.57. The van der Waals surface area contributed by atoms with Crippen molar-refractivity contribution in [3.63, 3.8) is 0 Å². The van der Waals surface area contributed by atoms with Crippen molar-refractivity contribution in [2.45, 2.75) is 60.3 Å². The number of nitrogens with one attached hydrogen (secondary N) is 1. The maximum atomic E-state index is 4.25. The molecule has 0 rings (SSSR count). The van der Waals surface area contributed by atoms with Crippen LogP contribution in [0.25, 0.3) is 0 Å². The van der Waals surface area contributed by atoms with E-state index in [1.807, 2.05) is 6.08 Å². The first-order chi connectivity index (χ1) is 11.9. The molecule has 25 heavy (non-hydrogen) atoms. The number of allylic oxidation sites excluding steroid dienone is 8. The molecule has 0 aromatic heterocycles. The quantitative estimate of drug-likeness (QED) is 0.148. The van der Waals surface area contributed by atoms with Crippen LogP contribution >= 0.6 is 15.9 Å². The minimum Gasteiger partial charge on any atom is -0.317 e. The van der Waals surface area contributed by atoms with Gasteiger partial charge < -0.3 is 5.32 Å². The highest BCUT2D eigenvalue weighted by molar-refractivity contribution is 9.09. The van der Waals surface area contributed by atoms with E-state index in [0.717, 1.165) is 37.2 Å². The van der Waals surface area contributed by atoms with Gasteiger partial charge in [0, 0.05) is 5.33 Å². The molecule has 2 heteroatoms. The van der Waals surface area contributed by atoms with Gasteiger partial charge in [0.2, 0.25) is 0 Å². The van der Waals surface area contributed by atoms with Crippen molar-refractivity contribution in [1.29, 1.82) is 0 Å².